The normalized spacial score (nSPS) is 27.6. The molecule has 0 bridgehead atoms. The van der Waals surface area contributed by atoms with E-state index in [-0.39, 0.29) is 5.92 Å². The molecule has 90 valence electrons. The Bertz CT molecular complexity index is 460. The fourth-order valence-corrected chi connectivity index (χ4v) is 3.39. The quantitative estimate of drug-likeness (QED) is 0.844. The number of carboxylic acid groups (broad SMARTS) is 1. The summed E-state index contributed by atoms with van der Waals surface area (Å²) in [7, 11) is 0. The van der Waals surface area contributed by atoms with Gasteiger partial charge in [-0.2, -0.15) is 0 Å². The summed E-state index contributed by atoms with van der Waals surface area (Å²) in [6.07, 6.45) is 4.53. The van der Waals surface area contributed by atoms with Crippen molar-refractivity contribution < 1.29 is 9.90 Å². The van der Waals surface area contributed by atoms with Crippen LogP contribution in [0.5, 0.6) is 0 Å². The molecular formula is C15H18O2. The summed E-state index contributed by atoms with van der Waals surface area (Å²) < 4.78 is 0. The van der Waals surface area contributed by atoms with Crippen molar-refractivity contribution in [2.24, 2.45) is 5.92 Å². The third kappa shape index (κ3) is 1.76. The number of hydrogen-bond acceptors (Lipinski definition) is 1. The summed E-state index contributed by atoms with van der Waals surface area (Å²) in [5.41, 5.74) is 3.72. The second kappa shape index (κ2) is 3.86. The van der Waals surface area contributed by atoms with Gasteiger partial charge in [0, 0.05) is 0 Å². The Morgan fingerprint density at radius 1 is 1.24 bits per heavy atom. The van der Waals surface area contributed by atoms with Crippen molar-refractivity contribution >= 4 is 5.97 Å². The van der Waals surface area contributed by atoms with Crippen LogP contribution < -0.4 is 0 Å². The van der Waals surface area contributed by atoms with Crippen LogP contribution in [0.25, 0.3) is 0 Å². The topological polar surface area (TPSA) is 37.3 Å². The summed E-state index contributed by atoms with van der Waals surface area (Å²) in [5, 5.41) is 9.32. The van der Waals surface area contributed by atoms with Gasteiger partial charge in [-0.25, -0.2) is 0 Å². The van der Waals surface area contributed by atoms with Crippen LogP contribution in [0.4, 0.5) is 0 Å². The Morgan fingerprint density at radius 3 is 2.65 bits per heavy atom. The molecule has 0 saturated heterocycles. The molecule has 1 aromatic carbocycles. The van der Waals surface area contributed by atoms with E-state index >= 15 is 0 Å². The average molecular weight is 230 g/mol. The van der Waals surface area contributed by atoms with Crippen molar-refractivity contribution in [3.8, 4) is 0 Å². The highest BCUT2D eigenvalue weighted by Gasteiger charge is 2.39. The molecule has 1 fully saturated rings. The number of fused-ring (bicyclic) bond motifs is 1. The fourth-order valence-electron chi connectivity index (χ4n) is 3.39. The fraction of sp³-hybridized carbons (Fsp3) is 0.533. The van der Waals surface area contributed by atoms with E-state index in [9.17, 15) is 9.90 Å². The highest BCUT2D eigenvalue weighted by Crippen LogP contribution is 2.51. The van der Waals surface area contributed by atoms with Crippen LogP contribution in [0.15, 0.2) is 18.2 Å². The van der Waals surface area contributed by atoms with E-state index in [2.05, 4.69) is 13.0 Å². The molecule has 0 spiro atoms. The zero-order valence-corrected chi connectivity index (χ0v) is 10.1. The molecular weight excluding hydrogens is 212 g/mol. The number of benzene rings is 1. The molecule has 2 unspecified atom stereocenters. The predicted molar refractivity (Wildman–Crippen MR) is 66.3 cm³/mol. The first kappa shape index (κ1) is 10.8. The van der Waals surface area contributed by atoms with Crippen LogP contribution in [-0.4, -0.2) is 11.1 Å². The van der Waals surface area contributed by atoms with Crippen molar-refractivity contribution in [2.45, 2.75) is 44.4 Å². The lowest BCUT2D eigenvalue weighted by atomic mass is 9.73. The van der Waals surface area contributed by atoms with Gasteiger partial charge in [-0.3, -0.25) is 4.79 Å². The molecule has 2 atom stereocenters. The highest BCUT2D eigenvalue weighted by atomic mass is 16.4. The molecule has 1 saturated carbocycles. The molecule has 3 rings (SSSR count). The SMILES string of the molecule is Cc1cccc2c1C(C1CC1)CCC2C(=O)O. The molecule has 0 amide bonds. The van der Waals surface area contributed by atoms with Crippen molar-refractivity contribution in [1.82, 2.24) is 0 Å². The van der Waals surface area contributed by atoms with Crippen LogP contribution in [0, 0.1) is 12.8 Å². The molecule has 1 aromatic rings. The maximum atomic E-state index is 11.3. The largest absolute Gasteiger partial charge is 0.481 e. The monoisotopic (exact) mass is 230 g/mol. The van der Waals surface area contributed by atoms with Crippen molar-refractivity contribution in [1.29, 1.82) is 0 Å². The van der Waals surface area contributed by atoms with Crippen molar-refractivity contribution in [3.63, 3.8) is 0 Å². The number of carbonyl (C=O) groups is 1. The van der Waals surface area contributed by atoms with E-state index in [0.29, 0.717) is 5.92 Å². The van der Waals surface area contributed by atoms with Gasteiger partial charge in [0.15, 0.2) is 0 Å². The minimum absolute atomic E-state index is 0.278. The number of aliphatic carboxylic acids is 1. The van der Waals surface area contributed by atoms with E-state index < -0.39 is 5.97 Å². The minimum atomic E-state index is -0.661. The molecule has 0 heterocycles. The highest BCUT2D eigenvalue weighted by molar-refractivity contribution is 5.77. The first-order valence-corrected chi connectivity index (χ1v) is 6.50. The Morgan fingerprint density at radius 2 is 2.00 bits per heavy atom. The van der Waals surface area contributed by atoms with Gasteiger partial charge in [0.25, 0.3) is 0 Å². The zero-order valence-electron chi connectivity index (χ0n) is 10.1. The minimum Gasteiger partial charge on any atom is -0.481 e. The Hall–Kier alpha value is -1.31. The molecule has 17 heavy (non-hydrogen) atoms. The van der Waals surface area contributed by atoms with Gasteiger partial charge >= 0.3 is 5.97 Å². The van der Waals surface area contributed by atoms with E-state index in [1.165, 1.54) is 24.0 Å². The van der Waals surface area contributed by atoms with Crippen LogP contribution in [0.2, 0.25) is 0 Å². The summed E-state index contributed by atoms with van der Waals surface area (Å²) in [5.74, 6) is 0.511. The Kier molecular flexibility index (Phi) is 2.46. The van der Waals surface area contributed by atoms with Gasteiger partial charge in [-0.05, 0) is 61.1 Å². The van der Waals surface area contributed by atoms with Crippen LogP contribution in [0.1, 0.15) is 54.2 Å². The first-order valence-electron chi connectivity index (χ1n) is 6.50. The standard InChI is InChI=1S/C15H18O2/c1-9-3-2-4-12-13(15(16)17)8-7-11(14(9)12)10-5-6-10/h2-4,10-11,13H,5-8H2,1H3,(H,16,17). The molecule has 2 heteroatoms. The second-order valence-electron chi connectivity index (χ2n) is 5.49. The number of hydrogen-bond donors (Lipinski definition) is 1. The van der Waals surface area contributed by atoms with Crippen LogP contribution in [0.3, 0.4) is 0 Å². The third-order valence-corrected chi connectivity index (χ3v) is 4.36. The lowest BCUT2D eigenvalue weighted by molar-refractivity contribution is -0.139. The first-order chi connectivity index (χ1) is 8.18. The smallest absolute Gasteiger partial charge is 0.310 e. The molecule has 0 aromatic heterocycles. The lowest BCUT2D eigenvalue weighted by Gasteiger charge is -2.31. The maximum Gasteiger partial charge on any atom is 0.310 e. The van der Waals surface area contributed by atoms with Crippen molar-refractivity contribution in [3.05, 3.63) is 34.9 Å². The van der Waals surface area contributed by atoms with E-state index in [0.717, 1.165) is 24.3 Å². The van der Waals surface area contributed by atoms with Gasteiger partial charge in [-0.1, -0.05) is 18.2 Å². The summed E-state index contributed by atoms with van der Waals surface area (Å²) >= 11 is 0. The second-order valence-corrected chi connectivity index (χ2v) is 5.49. The van der Waals surface area contributed by atoms with Crippen LogP contribution >= 0.6 is 0 Å². The van der Waals surface area contributed by atoms with Gasteiger partial charge in [0.1, 0.15) is 0 Å². The van der Waals surface area contributed by atoms with E-state index in [1.807, 2.05) is 12.1 Å². The number of carboxylic acids is 1. The molecule has 1 N–H and O–H groups in total. The van der Waals surface area contributed by atoms with E-state index in [1.54, 1.807) is 0 Å². The average Bonchev–Trinajstić information content (AvgIpc) is 3.11. The molecule has 2 nitrogen and oxygen atoms in total. The number of aryl methyl sites for hydroxylation is 1. The van der Waals surface area contributed by atoms with Gasteiger partial charge < -0.3 is 5.11 Å². The number of rotatable bonds is 2. The van der Waals surface area contributed by atoms with E-state index in [4.69, 9.17) is 0 Å². The van der Waals surface area contributed by atoms with Gasteiger partial charge in [-0.15, -0.1) is 0 Å². The third-order valence-electron chi connectivity index (χ3n) is 4.36. The van der Waals surface area contributed by atoms with Crippen LogP contribution in [-0.2, 0) is 4.79 Å². The summed E-state index contributed by atoms with van der Waals surface area (Å²) in [4.78, 5) is 11.3. The molecule has 2 aliphatic rings. The molecule has 2 aliphatic carbocycles. The maximum absolute atomic E-state index is 11.3. The molecule has 0 aliphatic heterocycles. The van der Waals surface area contributed by atoms with Gasteiger partial charge in [0.05, 0.1) is 5.92 Å². The zero-order chi connectivity index (χ0) is 12.0. The Balaban J connectivity index is 2.08. The van der Waals surface area contributed by atoms with Crippen molar-refractivity contribution in [2.75, 3.05) is 0 Å². The Labute approximate surface area is 102 Å². The van der Waals surface area contributed by atoms with Gasteiger partial charge in [0.2, 0.25) is 0 Å². The summed E-state index contributed by atoms with van der Waals surface area (Å²) in [6.45, 7) is 2.12. The molecule has 0 radical (unpaired) electrons. The predicted octanol–water partition coefficient (Wildman–Crippen LogP) is 3.45. The lowest BCUT2D eigenvalue weighted by Crippen LogP contribution is -2.22. The summed E-state index contributed by atoms with van der Waals surface area (Å²) in [6, 6.07) is 6.15.